The average Bonchev–Trinajstić information content (AvgIpc) is 2.16. The quantitative estimate of drug-likeness (QED) is 0.499. The molecule has 0 rings (SSSR count). The minimum atomic E-state index is -3.20. The highest BCUT2D eigenvalue weighted by molar-refractivity contribution is 7.86. The summed E-state index contributed by atoms with van der Waals surface area (Å²) in [6.07, 6.45) is 5.62. The number of unbranched alkanes of at least 4 members (excludes halogenated alkanes) is 2. The van der Waals surface area contributed by atoms with Gasteiger partial charge in [-0.2, -0.15) is 16.8 Å². The molecule has 0 aliphatic carbocycles. The van der Waals surface area contributed by atoms with Gasteiger partial charge in [0, 0.05) is 0 Å². The Kier molecular flexibility index (Phi) is 12.0. The van der Waals surface area contributed by atoms with Crippen LogP contribution in [0.25, 0.3) is 0 Å². The van der Waals surface area contributed by atoms with E-state index in [1.54, 1.807) is 0 Å². The standard InChI is InChI=1S/2C5H12O3S/c2*1-3-4-5-8-9(2,6)7/h2*3-5H2,1-2H3. The second-order valence-corrected chi connectivity index (χ2v) is 7.05. The van der Waals surface area contributed by atoms with Crippen LogP contribution >= 0.6 is 0 Å². The highest BCUT2D eigenvalue weighted by Gasteiger charge is 1.98. The summed E-state index contributed by atoms with van der Waals surface area (Å²) in [6.45, 7) is 4.59. The summed E-state index contributed by atoms with van der Waals surface area (Å²) in [7, 11) is -6.39. The fourth-order valence-corrected chi connectivity index (χ4v) is 1.55. The van der Waals surface area contributed by atoms with Crippen LogP contribution in [-0.2, 0) is 28.6 Å². The smallest absolute Gasteiger partial charge is 0.264 e. The SMILES string of the molecule is CCCCOS(C)(=O)=O.CCCCOS(C)(=O)=O. The van der Waals surface area contributed by atoms with Crippen molar-refractivity contribution in [2.45, 2.75) is 39.5 Å². The zero-order valence-corrected chi connectivity index (χ0v) is 13.1. The van der Waals surface area contributed by atoms with Crippen molar-refractivity contribution < 1.29 is 25.2 Å². The number of hydrogen-bond donors (Lipinski definition) is 0. The minimum absolute atomic E-state index is 0.315. The third-order valence-corrected chi connectivity index (χ3v) is 2.78. The summed E-state index contributed by atoms with van der Waals surface area (Å²) in [5, 5.41) is 0. The van der Waals surface area contributed by atoms with Gasteiger partial charge >= 0.3 is 0 Å². The first-order chi connectivity index (χ1) is 8.12. The molecule has 6 nitrogen and oxygen atoms in total. The fraction of sp³-hybridized carbons (Fsp3) is 1.00. The van der Waals surface area contributed by atoms with E-state index in [1.165, 1.54) is 0 Å². The van der Waals surface area contributed by atoms with E-state index in [2.05, 4.69) is 8.37 Å². The number of rotatable bonds is 8. The molecule has 0 spiro atoms. The Morgan fingerprint density at radius 1 is 0.722 bits per heavy atom. The van der Waals surface area contributed by atoms with Crippen molar-refractivity contribution in [3.8, 4) is 0 Å². The topological polar surface area (TPSA) is 86.7 Å². The Bertz CT molecular complexity index is 333. The zero-order chi connectivity index (χ0) is 14.7. The highest BCUT2D eigenvalue weighted by Crippen LogP contribution is 1.92. The molecule has 0 aliphatic rings. The third-order valence-electron chi connectivity index (χ3n) is 1.59. The molecule has 0 aromatic carbocycles. The van der Waals surface area contributed by atoms with Crippen LogP contribution in [0, 0.1) is 0 Å². The molecule has 18 heavy (non-hydrogen) atoms. The predicted octanol–water partition coefficient (Wildman–Crippen LogP) is 1.53. The van der Waals surface area contributed by atoms with Crippen molar-refractivity contribution in [1.29, 1.82) is 0 Å². The molecule has 0 fully saturated rings. The average molecular weight is 304 g/mol. The van der Waals surface area contributed by atoms with Gasteiger partial charge in [0.15, 0.2) is 0 Å². The molecule has 112 valence electrons. The van der Waals surface area contributed by atoms with Gasteiger partial charge < -0.3 is 0 Å². The van der Waals surface area contributed by atoms with Gasteiger partial charge in [-0.1, -0.05) is 26.7 Å². The Labute approximate surface area is 111 Å². The highest BCUT2D eigenvalue weighted by atomic mass is 32.2. The van der Waals surface area contributed by atoms with Crippen molar-refractivity contribution in [3.05, 3.63) is 0 Å². The van der Waals surface area contributed by atoms with Gasteiger partial charge in [-0.25, -0.2) is 0 Å². The monoisotopic (exact) mass is 304 g/mol. The fourth-order valence-electron chi connectivity index (χ4n) is 0.709. The van der Waals surface area contributed by atoms with Crippen molar-refractivity contribution >= 4 is 20.2 Å². The van der Waals surface area contributed by atoms with E-state index in [0.717, 1.165) is 38.2 Å². The van der Waals surface area contributed by atoms with Gasteiger partial charge in [-0.05, 0) is 12.8 Å². The van der Waals surface area contributed by atoms with Gasteiger partial charge in [0.25, 0.3) is 20.2 Å². The lowest BCUT2D eigenvalue weighted by Gasteiger charge is -1.96. The Hall–Kier alpha value is -0.180. The van der Waals surface area contributed by atoms with Crippen LogP contribution in [0.2, 0.25) is 0 Å². The molecular formula is C10H24O6S2. The van der Waals surface area contributed by atoms with Gasteiger partial charge in [-0.15, -0.1) is 0 Å². The molecular weight excluding hydrogens is 280 g/mol. The lowest BCUT2D eigenvalue weighted by atomic mass is 10.4. The van der Waals surface area contributed by atoms with Crippen molar-refractivity contribution in [2.75, 3.05) is 25.7 Å². The Balaban J connectivity index is 0. The van der Waals surface area contributed by atoms with Crippen LogP contribution in [0.5, 0.6) is 0 Å². The first-order valence-corrected chi connectivity index (χ1v) is 9.44. The number of hydrogen-bond acceptors (Lipinski definition) is 6. The maximum absolute atomic E-state index is 10.3. The van der Waals surface area contributed by atoms with E-state index in [9.17, 15) is 16.8 Å². The van der Waals surface area contributed by atoms with Crippen molar-refractivity contribution in [3.63, 3.8) is 0 Å². The normalized spacial score (nSPS) is 11.8. The minimum Gasteiger partial charge on any atom is -0.270 e. The van der Waals surface area contributed by atoms with Crippen LogP contribution in [-0.4, -0.2) is 42.6 Å². The molecule has 0 aromatic heterocycles. The first-order valence-electron chi connectivity index (χ1n) is 5.81. The van der Waals surface area contributed by atoms with E-state index in [0.29, 0.717) is 13.2 Å². The molecule has 0 aliphatic heterocycles. The molecule has 0 saturated carbocycles. The molecule has 0 atom stereocenters. The summed E-state index contributed by atoms with van der Waals surface area (Å²) < 4.78 is 50.0. The van der Waals surface area contributed by atoms with E-state index in [4.69, 9.17) is 0 Å². The van der Waals surface area contributed by atoms with E-state index in [-0.39, 0.29) is 0 Å². The van der Waals surface area contributed by atoms with E-state index < -0.39 is 20.2 Å². The molecule has 0 unspecified atom stereocenters. The van der Waals surface area contributed by atoms with Gasteiger partial charge in [0.1, 0.15) is 0 Å². The van der Waals surface area contributed by atoms with Crippen LogP contribution in [0.4, 0.5) is 0 Å². The summed E-state index contributed by atoms with van der Waals surface area (Å²) >= 11 is 0. The third kappa shape index (κ3) is 24.9. The molecule has 0 heterocycles. The van der Waals surface area contributed by atoms with E-state index in [1.807, 2.05) is 13.8 Å². The Morgan fingerprint density at radius 2 is 1.00 bits per heavy atom. The van der Waals surface area contributed by atoms with Crippen LogP contribution in [0.1, 0.15) is 39.5 Å². The lowest BCUT2D eigenvalue weighted by molar-refractivity contribution is 0.313. The van der Waals surface area contributed by atoms with Crippen molar-refractivity contribution in [2.24, 2.45) is 0 Å². The van der Waals surface area contributed by atoms with Gasteiger partial charge in [0.05, 0.1) is 25.7 Å². The molecule has 0 bridgehead atoms. The maximum atomic E-state index is 10.3. The predicted molar refractivity (Wildman–Crippen MR) is 71.4 cm³/mol. The summed E-state index contributed by atoms with van der Waals surface area (Å²) in [5.74, 6) is 0. The molecule has 0 radical (unpaired) electrons. The molecule has 0 amide bonds. The van der Waals surface area contributed by atoms with Gasteiger partial charge in [-0.3, -0.25) is 8.37 Å². The Morgan fingerprint density at radius 3 is 1.17 bits per heavy atom. The second kappa shape index (κ2) is 10.7. The summed E-state index contributed by atoms with van der Waals surface area (Å²) in [4.78, 5) is 0. The summed E-state index contributed by atoms with van der Waals surface area (Å²) in [6, 6.07) is 0. The van der Waals surface area contributed by atoms with Gasteiger partial charge in [0.2, 0.25) is 0 Å². The zero-order valence-electron chi connectivity index (χ0n) is 11.5. The summed E-state index contributed by atoms with van der Waals surface area (Å²) in [5.41, 5.74) is 0. The van der Waals surface area contributed by atoms with Crippen LogP contribution in [0.15, 0.2) is 0 Å². The second-order valence-electron chi connectivity index (χ2n) is 3.76. The van der Waals surface area contributed by atoms with E-state index >= 15 is 0 Å². The van der Waals surface area contributed by atoms with Crippen LogP contribution < -0.4 is 0 Å². The molecule has 0 aromatic rings. The molecule has 0 N–H and O–H groups in total. The largest absolute Gasteiger partial charge is 0.270 e. The first kappa shape index (κ1) is 20.1. The molecule has 0 saturated heterocycles. The lowest BCUT2D eigenvalue weighted by Crippen LogP contribution is -2.03. The maximum Gasteiger partial charge on any atom is 0.264 e. The molecule has 8 heteroatoms. The van der Waals surface area contributed by atoms with Crippen molar-refractivity contribution in [1.82, 2.24) is 0 Å². The van der Waals surface area contributed by atoms with Crippen LogP contribution in [0.3, 0.4) is 0 Å².